The molecule has 6 nitrogen and oxygen atoms in total. The van der Waals surface area contributed by atoms with Gasteiger partial charge in [0.25, 0.3) is 0 Å². The average Bonchev–Trinajstić information content (AvgIpc) is 2.69. The third-order valence-corrected chi connectivity index (χ3v) is 5.15. The normalized spacial score (nSPS) is 35.2. The number of carboxylic acid groups (broad SMARTS) is 1. The van der Waals surface area contributed by atoms with Crippen LogP contribution in [0.3, 0.4) is 0 Å². The number of unbranched alkanes of at least 4 members (excludes halogenated alkanes) is 1. The van der Waals surface area contributed by atoms with Gasteiger partial charge in [-0.25, -0.2) is 4.79 Å². The van der Waals surface area contributed by atoms with Gasteiger partial charge in [0.05, 0.1) is 17.3 Å². The number of hydrogen-bond donors (Lipinski definition) is 3. The predicted molar refractivity (Wildman–Crippen MR) is 62.1 cm³/mol. The maximum absolute atomic E-state index is 11.8. The van der Waals surface area contributed by atoms with E-state index in [0.717, 1.165) is 6.42 Å². The number of aliphatic carboxylic acids is 1. The Bertz CT molecular complexity index is 360. The minimum absolute atomic E-state index is 0.0205. The molecule has 96 valence electrons. The second-order valence-electron chi connectivity index (χ2n) is 4.48. The molecule has 2 amide bonds. The fraction of sp³-hybridized carbons (Fsp3) is 0.800. The lowest BCUT2D eigenvalue weighted by Gasteiger charge is -2.15. The first-order chi connectivity index (χ1) is 8.08. The van der Waals surface area contributed by atoms with E-state index in [2.05, 4.69) is 10.6 Å². The van der Waals surface area contributed by atoms with E-state index in [1.807, 2.05) is 0 Å². The van der Waals surface area contributed by atoms with Crippen molar-refractivity contribution in [2.75, 3.05) is 5.75 Å². The monoisotopic (exact) mass is 260 g/mol. The maximum Gasteiger partial charge on any atom is 0.315 e. The number of fused-ring (bicyclic) bond motifs is 1. The van der Waals surface area contributed by atoms with Crippen molar-refractivity contribution in [2.24, 2.45) is 0 Å². The lowest BCUT2D eigenvalue weighted by Crippen LogP contribution is -2.38. The second kappa shape index (κ2) is 5.03. The van der Waals surface area contributed by atoms with Crippen molar-refractivity contribution in [3.05, 3.63) is 0 Å². The Hall–Kier alpha value is -1.11. The minimum Gasteiger partial charge on any atom is -0.481 e. The zero-order valence-electron chi connectivity index (χ0n) is 9.35. The molecule has 2 heterocycles. The van der Waals surface area contributed by atoms with E-state index in [-0.39, 0.29) is 29.8 Å². The topological polar surface area (TPSA) is 95.5 Å². The summed E-state index contributed by atoms with van der Waals surface area (Å²) in [6.45, 7) is 0. The molecule has 0 aromatic rings. The summed E-state index contributed by atoms with van der Waals surface area (Å²) < 4.78 is 11.8. The van der Waals surface area contributed by atoms with Crippen LogP contribution >= 0.6 is 0 Å². The lowest BCUT2D eigenvalue weighted by atomic mass is 10.0. The SMILES string of the molecule is O=C(O)CCCCC1[C@@H]2NC(=O)N[C@@H]2CS1=O. The van der Waals surface area contributed by atoms with E-state index in [1.54, 1.807) is 0 Å². The standard InChI is InChI=1S/C10H16N2O4S/c13-8(14)4-2-1-3-7-9-6(5-17(7)16)11-10(15)12-9/h6-7,9H,1-5H2,(H,13,14)(H2,11,12,15)/t6-,7?,9-,17?/m1/s1. The van der Waals surface area contributed by atoms with Crippen LogP contribution in [-0.2, 0) is 15.6 Å². The summed E-state index contributed by atoms with van der Waals surface area (Å²) in [5.41, 5.74) is 0. The van der Waals surface area contributed by atoms with Crippen molar-refractivity contribution in [3.63, 3.8) is 0 Å². The van der Waals surface area contributed by atoms with Crippen molar-refractivity contribution in [2.45, 2.75) is 43.0 Å². The summed E-state index contributed by atoms with van der Waals surface area (Å²) >= 11 is 0. The van der Waals surface area contributed by atoms with Crippen LogP contribution in [0.1, 0.15) is 25.7 Å². The number of urea groups is 1. The lowest BCUT2D eigenvalue weighted by molar-refractivity contribution is -0.137. The summed E-state index contributed by atoms with van der Waals surface area (Å²) in [5.74, 6) is -0.293. The highest BCUT2D eigenvalue weighted by Gasteiger charge is 2.46. The Kier molecular flexibility index (Phi) is 3.66. The van der Waals surface area contributed by atoms with Gasteiger partial charge in [0.15, 0.2) is 0 Å². The Balaban J connectivity index is 1.81. The van der Waals surface area contributed by atoms with Gasteiger partial charge >= 0.3 is 12.0 Å². The molecular formula is C10H16N2O4S. The van der Waals surface area contributed by atoms with E-state index in [4.69, 9.17) is 5.11 Å². The van der Waals surface area contributed by atoms with Crippen LogP contribution in [0.4, 0.5) is 4.79 Å². The fourth-order valence-electron chi connectivity index (χ4n) is 2.45. The highest BCUT2D eigenvalue weighted by atomic mass is 32.2. The van der Waals surface area contributed by atoms with Crippen LogP contribution in [0.25, 0.3) is 0 Å². The molecule has 0 aromatic carbocycles. The Labute approximate surface area is 102 Å². The molecule has 2 saturated heterocycles. The number of carboxylic acids is 1. The smallest absolute Gasteiger partial charge is 0.315 e. The molecule has 2 aliphatic rings. The van der Waals surface area contributed by atoms with E-state index >= 15 is 0 Å². The number of rotatable bonds is 5. The van der Waals surface area contributed by atoms with Gasteiger partial charge in [-0.1, -0.05) is 6.42 Å². The molecule has 7 heteroatoms. The fourth-order valence-corrected chi connectivity index (χ4v) is 4.35. The maximum atomic E-state index is 11.8. The number of hydrogen-bond acceptors (Lipinski definition) is 3. The van der Waals surface area contributed by atoms with Crippen LogP contribution in [0, 0.1) is 0 Å². The molecule has 0 spiro atoms. The molecule has 0 radical (unpaired) electrons. The molecule has 2 fully saturated rings. The zero-order chi connectivity index (χ0) is 12.4. The van der Waals surface area contributed by atoms with E-state index in [9.17, 15) is 13.8 Å². The number of carbonyl (C=O) groups excluding carboxylic acids is 1. The molecule has 4 atom stereocenters. The third-order valence-electron chi connectivity index (χ3n) is 3.26. The molecule has 0 aromatic heterocycles. The summed E-state index contributed by atoms with van der Waals surface area (Å²) in [4.78, 5) is 21.5. The molecule has 0 bridgehead atoms. The Morgan fingerprint density at radius 3 is 2.88 bits per heavy atom. The average molecular weight is 260 g/mol. The van der Waals surface area contributed by atoms with Crippen LogP contribution in [-0.4, -0.2) is 44.4 Å². The molecule has 2 aliphatic heterocycles. The summed E-state index contributed by atoms with van der Waals surface area (Å²) in [6, 6.07) is -0.256. The summed E-state index contributed by atoms with van der Waals surface area (Å²) in [6.07, 6.45) is 2.20. The van der Waals surface area contributed by atoms with Crippen LogP contribution in [0.15, 0.2) is 0 Å². The van der Waals surface area contributed by atoms with Gasteiger partial charge in [-0.05, 0) is 12.8 Å². The van der Waals surface area contributed by atoms with Gasteiger partial charge in [-0.3, -0.25) is 9.00 Å². The number of amides is 2. The number of carbonyl (C=O) groups is 2. The second-order valence-corrected chi connectivity index (χ2v) is 6.18. The van der Waals surface area contributed by atoms with Gasteiger partial charge < -0.3 is 15.7 Å². The van der Waals surface area contributed by atoms with Crippen molar-refractivity contribution < 1.29 is 18.9 Å². The van der Waals surface area contributed by atoms with Gasteiger partial charge in [0.1, 0.15) is 0 Å². The third kappa shape index (κ3) is 2.77. The van der Waals surface area contributed by atoms with Gasteiger partial charge in [0, 0.05) is 23.0 Å². The van der Waals surface area contributed by atoms with Gasteiger partial charge in [-0.2, -0.15) is 0 Å². The highest BCUT2D eigenvalue weighted by molar-refractivity contribution is 7.86. The van der Waals surface area contributed by atoms with E-state index in [1.165, 1.54) is 0 Å². The Morgan fingerprint density at radius 1 is 1.41 bits per heavy atom. The zero-order valence-corrected chi connectivity index (χ0v) is 10.2. The molecule has 3 N–H and O–H groups in total. The molecule has 2 rings (SSSR count). The van der Waals surface area contributed by atoms with Gasteiger partial charge in [-0.15, -0.1) is 0 Å². The molecular weight excluding hydrogens is 244 g/mol. The molecule has 0 saturated carbocycles. The first kappa shape index (κ1) is 12.3. The van der Waals surface area contributed by atoms with Crippen molar-refractivity contribution in [1.82, 2.24) is 10.6 Å². The Morgan fingerprint density at radius 2 is 2.18 bits per heavy atom. The van der Waals surface area contributed by atoms with E-state index < -0.39 is 16.8 Å². The molecule has 0 aliphatic carbocycles. The first-order valence-corrected chi connectivity index (χ1v) is 7.12. The molecule has 17 heavy (non-hydrogen) atoms. The van der Waals surface area contributed by atoms with Crippen LogP contribution < -0.4 is 10.6 Å². The first-order valence-electron chi connectivity index (χ1n) is 5.74. The minimum atomic E-state index is -0.923. The molecule has 2 unspecified atom stereocenters. The number of nitrogens with one attached hydrogen (secondary N) is 2. The van der Waals surface area contributed by atoms with Crippen molar-refractivity contribution in [1.29, 1.82) is 0 Å². The predicted octanol–water partition coefficient (Wildman–Crippen LogP) is -0.188. The highest BCUT2D eigenvalue weighted by Crippen LogP contribution is 2.25. The van der Waals surface area contributed by atoms with Crippen molar-refractivity contribution in [3.8, 4) is 0 Å². The van der Waals surface area contributed by atoms with Crippen molar-refractivity contribution >= 4 is 22.8 Å². The quantitative estimate of drug-likeness (QED) is 0.471. The summed E-state index contributed by atoms with van der Waals surface area (Å²) in [5, 5.41) is 14.0. The van der Waals surface area contributed by atoms with Crippen LogP contribution in [0.5, 0.6) is 0 Å². The van der Waals surface area contributed by atoms with E-state index in [0.29, 0.717) is 18.6 Å². The van der Waals surface area contributed by atoms with Crippen LogP contribution in [0.2, 0.25) is 0 Å². The summed E-state index contributed by atoms with van der Waals surface area (Å²) in [7, 11) is -0.923. The van der Waals surface area contributed by atoms with Gasteiger partial charge in [0.2, 0.25) is 0 Å². The largest absolute Gasteiger partial charge is 0.481 e.